The average molecular weight is 407 g/mol. The van der Waals surface area contributed by atoms with Gasteiger partial charge < -0.3 is 25.2 Å². The van der Waals surface area contributed by atoms with Gasteiger partial charge in [-0.15, -0.1) is 0 Å². The van der Waals surface area contributed by atoms with Gasteiger partial charge in [0.25, 0.3) is 5.91 Å². The molecule has 3 aliphatic rings. The van der Waals surface area contributed by atoms with Gasteiger partial charge in [0.15, 0.2) is 0 Å². The summed E-state index contributed by atoms with van der Waals surface area (Å²) in [6.07, 6.45) is 0.739. The van der Waals surface area contributed by atoms with Crippen LogP contribution in [-0.2, 0) is 16.1 Å². The topological polar surface area (TPSA) is 85.3 Å². The predicted octanol–water partition coefficient (Wildman–Crippen LogP) is 1.36. The highest BCUT2D eigenvalue weighted by atomic mass is 19.1. The maximum absolute atomic E-state index is 13.8. The van der Waals surface area contributed by atoms with Crippen molar-refractivity contribution in [3.63, 3.8) is 0 Å². The minimum absolute atomic E-state index is 0.0499. The first-order chi connectivity index (χ1) is 13.8. The van der Waals surface area contributed by atoms with Crippen molar-refractivity contribution in [1.29, 1.82) is 0 Å². The minimum atomic E-state index is -1.48. The number of amides is 1. The van der Waals surface area contributed by atoms with Crippen LogP contribution in [0.1, 0.15) is 18.9 Å². The fraction of sp³-hybridized carbons (Fsp3) is 0.450. The van der Waals surface area contributed by atoms with E-state index in [9.17, 15) is 23.8 Å². The lowest BCUT2D eigenvalue weighted by molar-refractivity contribution is -0.137. The van der Waals surface area contributed by atoms with Gasteiger partial charge in [0.05, 0.1) is 24.4 Å². The van der Waals surface area contributed by atoms with Crippen LogP contribution in [0.2, 0.25) is 0 Å². The van der Waals surface area contributed by atoms with E-state index in [4.69, 9.17) is 4.74 Å². The van der Waals surface area contributed by atoms with Crippen molar-refractivity contribution in [2.24, 2.45) is 0 Å². The Kier molecular flexibility index (Phi) is 5.28. The Morgan fingerprint density at radius 3 is 2.93 bits per heavy atom. The van der Waals surface area contributed by atoms with Crippen LogP contribution in [0, 0.1) is 11.6 Å². The summed E-state index contributed by atoms with van der Waals surface area (Å²) in [6.45, 7) is 3.37. The van der Waals surface area contributed by atoms with Gasteiger partial charge in [0.1, 0.15) is 29.7 Å². The first kappa shape index (κ1) is 19.8. The van der Waals surface area contributed by atoms with E-state index in [1.807, 2.05) is 0 Å². The molecular weight excluding hydrogens is 384 g/mol. The van der Waals surface area contributed by atoms with E-state index < -0.39 is 23.6 Å². The van der Waals surface area contributed by atoms with Gasteiger partial charge in [-0.1, -0.05) is 6.07 Å². The van der Waals surface area contributed by atoms with Crippen LogP contribution in [0.4, 0.5) is 8.78 Å². The second kappa shape index (κ2) is 7.74. The smallest absolute Gasteiger partial charge is 0.252 e. The maximum atomic E-state index is 13.8. The molecule has 9 heteroatoms. The summed E-state index contributed by atoms with van der Waals surface area (Å²) >= 11 is 0. The summed E-state index contributed by atoms with van der Waals surface area (Å²) < 4.78 is 32.6. The summed E-state index contributed by atoms with van der Waals surface area (Å²) in [5.41, 5.74) is 0.600. The molecule has 4 rings (SSSR count). The molecule has 3 N–H and O–H groups in total. The zero-order valence-electron chi connectivity index (χ0n) is 15.9. The Morgan fingerprint density at radius 1 is 1.38 bits per heavy atom. The number of hydrogen-bond acceptors (Lipinski definition) is 6. The van der Waals surface area contributed by atoms with E-state index in [0.29, 0.717) is 25.4 Å². The standard InChI is InChI=1S/C20H23F2N3O4/c1-11-4-5-29-17-10-24-8-14(18(26)19(27)16(24)9-25(11)17)20(28)23-7-12-2-3-13(21)6-15(12)22/h2-3,6,8,11,17-18,26-27H,4-5,7,9-10H2,1H3,(H,23,28)/t11-,17?,18?/m1/s1. The van der Waals surface area contributed by atoms with Crippen molar-refractivity contribution in [2.75, 3.05) is 19.7 Å². The number of aliphatic hydroxyl groups excluding tert-OH is 2. The minimum Gasteiger partial charge on any atom is -0.507 e. The van der Waals surface area contributed by atoms with Crippen LogP contribution in [0.5, 0.6) is 0 Å². The van der Waals surface area contributed by atoms with E-state index in [2.05, 4.69) is 17.1 Å². The Bertz CT molecular complexity index is 888. The summed E-state index contributed by atoms with van der Waals surface area (Å²) in [7, 11) is 0. The number of carbonyl (C=O) groups excluding carboxylic acids is 1. The number of nitrogens with zero attached hydrogens (tertiary/aromatic N) is 2. The maximum Gasteiger partial charge on any atom is 0.252 e. The summed E-state index contributed by atoms with van der Waals surface area (Å²) in [6, 6.07) is 3.37. The normalized spacial score (nSPS) is 27.2. The van der Waals surface area contributed by atoms with Gasteiger partial charge >= 0.3 is 0 Å². The molecule has 0 aliphatic carbocycles. The van der Waals surface area contributed by atoms with Gasteiger partial charge in [-0.25, -0.2) is 8.78 Å². The van der Waals surface area contributed by atoms with Crippen molar-refractivity contribution in [1.82, 2.24) is 15.1 Å². The first-order valence-electron chi connectivity index (χ1n) is 9.53. The molecule has 2 saturated heterocycles. The number of benzene rings is 1. The first-order valence-corrected chi connectivity index (χ1v) is 9.53. The summed E-state index contributed by atoms with van der Waals surface area (Å²) in [5.74, 6) is -2.40. The molecule has 1 amide bonds. The van der Waals surface area contributed by atoms with Crippen LogP contribution < -0.4 is 5.32 Å². The summed E-state index contributed by atoms with van der Waals surface area (Å²) in [4.78, 5) is 16.4. The molecule has 0 saturated carbocycles. The molecule has 3 heterocycles. The van der Waals surface area contributed by atoms with E-state index >= 15 is 0 Å². The zero-order valence-corrected chi connectivity index (χ0v) is 15.9. The predicted molar refractivity (Wildman–Crippen MR) is 99.2 cm³/mol. The van der Waals surface area contributed by atoms with Crippen molar-refractivity contribution in [2.45, 2.75) is 38.3 Å². The molecular formula is C20H23F2N3O4. The van der Waals surface area contributed by atoms with Gasteiger partial charge in [0.2, 0.25) is 0 Å². The lowest BCUT2D eigenvalue weighted by Gasteiger charge is -2.49. The number of fused-ring (bicyclic) bond motifs is 2. The molecule has 0 bridgehead atoms. The third-order valence-corrected chi connectivity index (χ3v) is 5.67. The Hall–Kier alpha value is -2.49. The number of carbonyl (C=O) groups is 1. The molecule has 1 aromatic rings. The van der Waals surface area contributed by atoms with Crippen molar-refractivity contribution >= 4 is 5.91 Å². The second-order valence-corrected chi connectivity index (χ2v) is 7.53. The van der Waals surface area contributed by atoms with Gasteiger partial charge in [0, 0.05) is 37.0 Å². The largest absolute Gasteiger partial charge is 0.507 e. The van der Waals surface area contributed by atoms with Crippen molar-refractivity contribution < 1.29 is 28.5 Å². The molecule has 0 radical (unpaired) electrons. The number of halogens is 2. The molecule has 156 valence electrons. The van der Waals surface area contributed by atoms with Crippen molar-refractivity contribution in [3.8, 4) is 0 Å². The highest BCUT2D eigenvalue weighted by molar-refractivity contribution is 5.95. The van der Waals surface area contributed by atoms with Crippen LogP contribution in [0.25, 0.3) is 0 Å². The average Bonchev–Trinajstić information content (AvgIpc) is 2.69. The zero-order chi connectivity index (χ0) is 20.7. The van der Waals surface area contributed by atoms with E-state index in [0.717, 1.165) is 18.6 Å². The molecule has 0 aromatic heterocycles. The second-order valence-electron chi connectivity index (χ2n) is 7.53. The number of aliphatic hydroxyl groups is 2. The number of rotatable bonds is 3. The van der Waals surface area contributed by atoms with E-state index in [1.165, 1.54) is 12.3 Å². The molecule has 7 nitrogen and oxygen atoms in total. The molecule has 3 aliphatic heterocycles. The third-order valence-electron chi connectivity index (χ3n) is 5.67. The highest BCUT2D eigenvalue weighted by Crippen LogP contribution is 2.32. The van der Waals surface area contributed by atoms with Gasteiger partial charge in [-0.3, -0.25) is 9.69 Å². The Balaban J connectivity index is 1.49. The van der Waals surface area contributed by atoms with Gasteiger partial charge in [-0.05, 0) is 19.4 Å². The Morgan fingerprint density at radius 2 is 2.17 bits per heavy atom. The molecule has 1 aromatic carbocycles. The fourth-order valence-corrected chi connectivity index (χ4v) is 3.91. The van der Waals surface area contributed by atoms with E-state index in [-0.39, 0.29) is 35.7 Å². The molecule has 2 fully saturated rings. The highest BCUT2D eigenvalue weighted by Gasteiger charge is 2.41. The Labute approximate surface area is 166 Å². The number of piperazine rings is 1. The van der Waals surface area contributed by atoms with E-state index in [1.54, 1.807) is 4.90 Å². The van der Waals surface area contributed by atoms with Crippen LogP contribution in [0.3, 0.4) is 0 Å². The third kappa shape index (κ3) is 3.73. The molecule has 2 unspecified atom stereocenters. The monoisotopic (exact) mass is 407 g/mol. The van der Waals surface area contributed by atoms with Crippen LogP contribution >= 0.6 is 0 Å². The lowest BCUT2D eigenvalue weighted by atomic mass is 9.99. The lowest BCUT2D eigenvalue weighted by Crippen LogP contribution is -2.58. The van der Waals surface area contributed by atoms with Gasteiger partial charge in [-0.2, -0.15) is 0 Å². The molecule has 3 atom stereocenters. The fourth-order valence-electron chi connectivity index (χ4n) is 3.91. The van der Waals surface area contributed by atoms with Crippen molar-refractivity contribution in [3.05, 3.63) is 58.6 Å². The molecule has 29 heavy (non-hydrogen) atoms. The number of hydrogen-bond donors (Lipinski definition) is 3. The number of nitrogens with one attached hydrogen (secondary N) is 1. The summed E-state index contributed by atoms with van der Waals surface area (Å²) in [5, 5.41) is 23.5. The quantitative estimate of drug-likeness (QED) is 0.702. The SMILES string of the molecule is C[C@@H]1CCOC2CN3C=C(C(=O)NCc4ccc(F)cc4F)C(O)C(O)=C3CN21. The van der Waals surface area contributed by atoms with Crippen LogP contribution in [-0.4, -0.2) is 64.0 Å². The molecule has 0 spiro atoms. The van der Waals surface area contributed by atoms with Crippen LogP contribution in [0.15, 0.2) is 41.4 Å². The number of ether oxygens (including phenoxy) is 1.